The summed E-state index contributed by atoms with van der Waals surface area (Å²) < 4.78 is 0. The first-order valence-corrected chi connectivity index (χ1v) is 9.65. The van der Waals surface area contributed by atoms with E-state index in [9.17, 15) is 0 Å². The van der Waals surface area contributed by atoms with Crippen molar-refractivity contribution in [3.63, 3.8) is 0 Å². The van der Waals surface area contributed by atoms with Crippen LogP contribution in [0.5, 0.6) is 0 Å². The van der Waals surface area contributed by atoms with E-state index in [2.05, 4.69) is 70.5 Å². The third-order valence-electron chi connectivity index (χ3n) is 5.12. The Morgan fingerprint density at radius 3 is 2.14 bits per heavy atom. The van der Waals surface area contributed by atoms with Crippen molar-refractivity contribution in [3.05, 3.63) is 85.5 Å². The average Bonchev–Trinajstić information content (AvgIpc) is 3.14. The van der Waals surface area contributed by atoms with Crippen molar-refractivity contribution in [2.24, 2.45) is 0 Å². The van der Waals surface area contributed by atoms with Crippen molar-refractivity contribution < 1.29 is 26.2 Å². The van der Waals surface area contributed by atoms with Crippen molar-refractivity contribution in [1.82, 2.24) is 4.98 Å². The molecule has 1 aromatic heterocycles. The van der Waals surface area contributed by atoms with Crippen LogP contribution in [0.15, 0.2) is 36.4 Å². The van der Waals surface area contributed by atoms with Gasteiger partial charge in [-0.15, -0.1) is 11.6 Å². The van der Waals surface area contributed by atoms with Crippen LogP contribution >= 0.6 is 0 Å². The molecule has 1 atom stereocenters. The fraction of sp³-hybridized carbons (Fsp3) is 0.440. The first-order valence-electron chi connectivity index (χ1n) is 9.65. The molecule has 1 fully saturated rings. The molecule has 3 heteroatoms. The van der Waals surface area contributed by atoms with E-state index in [0.717, 1.165) is 5.69 Å². The van der Waals surface area contributed by atoms with Gasteiger partial charge < -0.3 is 26.6 Å². The van der Waals surface area contributed by atoms with E-state index in [1.54, 1.807) is 0 Å². The van der Waals surface area contributed by atoms with Crippen LogP contribution in [0.1, 0.15) is 87.2 Å². The van der Waals surface area contributed by atoms with E-state index in [0.29, 0.717) is 24.3 Å². The molecule has 1 saturated carbocycles. The second kappa shape index (κ2) is 12.6. The number of pyridine rings is 1. The third-order valence-corrected chi connectivity index (χ3v) is 5.12. The molecule has 1 heterocycles. The summed E-state index contributed by atoms with van der Waals surface area (Å²) in [6, 6.07) is 13.0. The minimum Gasteiger partial charge on any atom is -0.679 e. The van der Waals surface area contributed by atoms with Gasteiger partial charge in [0.2, 0.25) is 0 Å². The molecule has 0 radical (unpaired) electrons. The molecule has 2 aromatic rings. The van der Waals surface area contributed by atoms with Gasteiger partial charge in [-0.1, -0.05) is 82.5 Å². The van der Waals surface area contributed by atoms with Crippen molar-refractivity contribution in [2.75, 3.05) is 0 Å². The summed E-state index contributed by atoms with van der Waals surface area (Å²) in [6.45, 7) is 9.63. The minimum atomic E-state index is 0. The Labute approximate surface area is 193 Å². The second-order valence-electron chi connectivity index (χ2n) is 7.74. The number of hydrogen-bond donors (Lipinski definition) is 0. The fourth-order valence-electron chi connectivity index (χ4n) is 3.69. The zero-order valence-corrected chi connectivity index (χ0v) is 21.0. The molecule has 0 spiro atoms. The Balaban J connectivity index is 0.00000243. The molecule has 1 aliphatic carbocycles. The third kappa shape index (κ3) is 6.55. The number of benzene rings is 1. The summed E-state index contributed by atoms with van der Waals surface area (Å²) in [5.41, 5.74) is 6.14. The van der Waals surface area contributed by atoms with Gasteiger partial charge in [-0.3, -0.25) is 4.98 Å². The maximum Gasteiger partial charge on any atom is 4.00 e. The van der Waals surface area contributed by atoms with Gasteiger partial charge in [0, 0.05) is 11.4 Å². The van der Waals surface area contributed by atoms with Gasteiger partial charge in [-0.05, 0) is 24.0 Å². The summed E-state index contributed by atoms with van der Waals surface area (Å²) >= 11 is 0. The Morgan fingerprint density at radius 1 is 1.00 bits per heavy atom. The fourth-order valence-corrected chi connectivity index (χ4v) is 3.69. The first-order chi connectivity index (χ1) is 12.1. The van der Waals surface area contributed by atoms with Gasteiger partial charge in [0.05, 0.1) is 0 Å². The van der Waals surface area contributed by atoms with Gasteiger partial charge in [-0.25, -0.2) is 0 Å². The second-order valence-corrected chi connectivity index (χ2v) is 7.74. The first kappa shape index (κ1) is 27.1. The minimum absolute atomic E-state index is 0. The molecule has 0 aliphatic heterocycles. The normalized spacial score (nSPS) is 15.6. The SMILES string of the molecule is CC(C)c1cccc(C(C)C)c1[N-]Cc1cccc(C2[CH-]CCC2)n1.[CH3-].[CH3-].[Zr+4]. The summed E-state index contributed by atoms with van der Waals surface area (Å²) in [4.78, 5) is 4.89. The van der Waals surface area contributed by atoms with Crippen molar-refractivity contribution in [3.8, 4) is 0 Å². The van der Waals surface area contributed by atoms with Crippen LogP contribution in [-0.4, -0.2) is 4.98 Å². The van der Waals surface area contributed by atoms with Crippen LogP contribution in [0.3, 0.4) is 0 Å². The summed E-state index contributed by atoms with van der Waals surface area (Å²) in [6.07, 6.45) is 6.16. The molecule has 0 saturated heterocycles. The van der Waals surface area contributed by atoms with Crippen LogP contribution in [0.2, 0.25) is 0 Å². The molecule has 150 valence electrons. The number of hydrogen-bond acceptors (Lipinski definition) is 1. The molecular formula is C25H36N2Zr. The molecule has 1 aliphatic rings. The maximum absolute atomic E-state index is 5.01. The predicted molar refractivity (Wildman–Crippen MR) is 119 cm³/mol. The summed E-state index contributed by atoms with van der Waals surface area (Å²) in [5, 5.41) is 5.01. The Morgan fingerprint density at radius 2 is 1.61 bits per heavy atom. The number of aromatic nitrogens is 1. The molecule has 2 nitrogen and oxygen atoms in total. The largest absolute Gasteiger partial charge is 4.00 e. The molecule has 0 bridgehead atoms. The predicted octanol–water partition coefficient (Wildman–Crippen LogP) is 7.90. The Hall–Kier alpha value is -0.947. The number of nitrogens with zero attached hydrogens (tertiary/aromatic N) is 2. The van der Waals surface area contributed by atoms with E-state index in [1.807, 2.05) is 0 Å². The zero-order chi connectivity index (χ0) is 17.8. The van der Waals surface area contributed by atoms with Crippen LogP contribution in [0.25, 0.3) is 5.32 Å². The van der Waals surface area contributed by atoms with Gasteiger partial charge in [0.25, 0.3) is 0 Å². The van der Waals surface area contributed by atoms with E-state index in [4.69, 9.17) is 10.3 Å². The summed E-state index contributed by atoms with van der Waals surface area (Å²) in [7, 11) is 0. The average molecular weight is 456 g/mol. The smallest absolute Gasteiger partial charge is 0.679 e. The molecule has 0 N–H and O–H groups in total. The summed E-state index contributed by atoms with van der Waals surface area (Å²) in [5.74, 6) is 1.49. The van der Waals surface area contributed by atoms with Gasteiger partial charge in [0.1, 0.15) is 0 Å². The van der Waals surface area contributed by atoms with Gasteiger partial charge in [-0.2, -0.15) is 6.42 Å². The number of rotatable bonds is 6. The van der Waals surface area contributed by atoms with E-state index < -0.39 is 0 Å². The zero-order valence-electron chi connectivity index (χ0n) is 18.5. The van der Waals surface area contributed by atoms with Crippen LogP contribution in [0.4, 0.5) is 5.69 Å². The van der Waals surface area contributed by atoms with Crippen molar-refractivity contribution in [1.29, 1.82) is 0 Å². The quantitative estimate of drug-likeness (QED) is 0.407. The van der Waals surface area contributed by atoms with Crippen LogP contribution in [-0.2, 0) is 32.7 Å². The monoisotopic (exact) mass is 454 g/mol. The molecule has 28 heavy (non-hydrogen) atoms. The molecule has 3 rings (SSSR count). The van der Waals surface area contributed by atoms with Gasteiger partial charge in [0.15, 0.2) is 0 Å². The molecule has 1 unspecified atom stereocenters. The van der Waals surface area contributed by atoms with Crippen LogP contribution in [0, 0.1) is 21.3 Å². The Bertz CT molecular complexity index is 677. The van der Waals surface area contributed by atoms with E-state index in [-0.39, 0.29) is 41.1 Å². The standard InChI is InChI=1S/C23H30N2.2CH3.Zr/c1-16(2)20-12-8-13-21(17(3)4)23(20)24-15-19-11-7-14-22(25-19)18-9-5-6-10-18;;;/h7-9,11-14,16-18H,5-6,10,15H2,1-4H3;2*1H3;/q-2;2*-1;+4. The molecule has 0 amide bonds. The van der Waals surface area contributed by atoms with Gasteiger partial charge >= 0.3 is 26.2 Å². The molecular weight excluding hydrogens is 420 g/mol. The maximum atomic E-state index is 5.01. The van der Waals surface area contributed by atoms with Crippen molar-refractivity contribution in [2.45, 2.75) is 71.3 Å². The van der Waals surface area contributed by atoms with Crippen molar-refractivity contribution >= 4 is 5.69 Å². The molecule has 1 aromatic carbocycles. The Kier molecular flexibility index (Phi) is 12.2. The number of para-hydroxylation sites is 1. The topological polar surface area (TPSA) is 27.0 Å². The van der Waals surface area contributed by atoms with E-state index >= 15 is 0 Å². The van der Waals surface area contributed by atoms with Crippen LogP contribution < -0.4 is 0 Å². The van der Waals surface area contributed by atoms with E-state index in [1.165, 1.54) is 41.8 Å².